The molecule has 1 saturated heterocycles. The fourth-order valence-corrected chi connectivity index (χ4v) is 6.79. The quantitative estimate of drug-likeness (QED) is 0.254. The fourth-order valence-electron chi connectivity index (χ4n) is 6.32. The highest BCUT2D eigenvalue weighted by molar-refractivity contribution is 9.10. The Morgan fingerprint density at radius 3 is 2.67 bits per heavy atom. The number of hydrogen-bond acceptors (Lipinski definition) is 5. The Hall–Kier alpha value is -3.87. The van der Waals surface area contributed by atoms with E-state index < -0.39 is 35.6 Å². The van der Waals surface area contributed by atoms with E-state index >= 15 is 0 Å². The van der Waals surface area contributed by atoms with Gasteiger partial charge in [0.05, 0.1) is 34.9 Å². The lowest BCUT2D eigenvalue weighted by molar-refractivity contribution is -0.138. The van der Waals surface area contributed by atoms with E-state index in [1.807, 2.05) is 29.8 Å². The van der Waals surface area contributed by atoms with Crippen LogP contribution in [0.3, 0.4) is 0 Å². The molecule has 13 heteroatoms. The summed E-state index contributed by atoms with van der Waals surface area (Å²) in [4.78, 5) is 31.3. The van der Waals surface area contributed by atoms with E-state index in [9.17, 15) is 22.8 Å². The molecule has 0 saturated carbocycles. The number of halogens is 4. The van der Waals surface area contributed by atoms with Crippen LogP contribution in [0.25, 0.3) is 10.9 Å². The van der Waals surface area contributed by atoms with Crippen molar-refractivity contribution in [3.63, 3.8) is 0 Å². The number of carbonyl (C=O) groups excluding carboxylic acids is 2. The standard InChI is InChI=1S/C30H31BrF3N7O2/c1-15(2)9-18-13-36-41-25-14-39(28(42)17-5-8-23(31)22(11-17)30(32,33)34)16(3)10-21(25)29(43)40(27(18)41)19-6-7-20-24(12-19)37-38-26(20)35-4/h5-8,11-13,15-16,21,25H,9-10,14H2,1-4H3,(H2,35,37,38)/t16-,21?,25?/m0/s1. The first-order valence-electron chi connectivity index (χ1n) is 14.1. The van der Waals surface area contributed by atoms with Gasteiger partial charge in [-0.3, -0.25) is 19.6 Å². The summed E-state index contributed by atoms with van der Waals surface area (Å²) in [5.41, 5.74) is 1.39. The van der Waals surface area contributed by atoms with Crippen LogP contribution in [-0.2, 0) is 17.4 Å². The molecule has 2 aromatic carbocycles. The average molecular weight is 659 g/mol. The lowest BCUT2D eigenvalue weighted by Crippen LogP contribution is -2.56. The van der Waals surface area contributed by atoms with Crippen molar-refractivity contribution in [2.45, 2.75) is 51.9 Å². The number of likely N-dealkylation sites (tertiary alicyclic amines) is 1. The van der Waals surface area contributed by atoms with Crippen LogP contribution in [0.5, 0.6) is 0 Å². The first-order chi connectivity index (χ1) is 20.4. The van der Waals surface area contributed by atoms with E-state index in [0.717, 1.165) is 22.5 Å². The molecule has 3 atom stereocenters. The molecule has 2 aromatic heterocycles. The lowest BCUT2D eigenvalue weighted by Gasteiger charge is -2.47. The van der Waals surface area contributed by atoms with Crippen LogP contribution < -0.4 is 10.2 Å². The molecular weight excluding hydrogens is 627 g/mol. The zero-order valence-corrected chi connectivity index (χ0v) is 25.6. The molecule has 4 aromatic rings. The molecule has 0 aliphatic carbocycles. The predicted octanol–water partition coefficient (Wildman–Crippen LogP) is 6.55. The number of fused-ring (bicyclic) bond motifs is 4. The Morgan fingerprint density at radius 1 is 1.21 bits per heavy atom. The van der Waals surface area contributed by atoms with E-state index in [4.69, 9.17) is 5.10 Å². The minimum atomic E-state index is -4.61. The Balaban J connectivity index is 1.40. The summed E-state index contributed by atoms with van der Waals surface area (Å²) in [5, 5.41) is 16.0. The molecule has 2 aliphatic heterocycles. The first kappa shape index (κ1) is 29.2. The highest BCUT2D eigenvalue weighted by Crippen LogP contribution is 2.45. The van der Waals surface area contributed by atoms with Crippen molar-refractivity contribution in [2.24, 2.45) is 11.8 Å². The van der Waals surface area contributed by atoms with Crippen molar-refractivity contribution in [3.8, 4) is 0 Å². The largest absolute Gasteiger partial charge is 0.417 e. The number of H-pyrrole nitrogens is 1. The van der Waals surface area contributed by atoms with Gasteiger partial charge in [0, 0.05) is 40.6 Å². The van der Waals surface area contributed by atoms with Crippen molar-refractivity contribution >= 4 is 56.0 Å². The fraction of sp³-hybridized carbons (Fsp3) is 0.400. The van der Waals surface area contributed by atoms with E-state index in [1.54, 1.807) is 23.0 Å². The second kappa shape index (κ2) is 10.7. The van der Waals surface area contributed by atoms with Gasteiger partial charge < -0.3 is 10.2 Å². The van der Waals surface area contributed by atoms with Crippen molar-refractivity contribution in [2.75, 3.05) is 23.8 Å². The zero-order chi connectivity index (χ0) is 30.8. The number of piperidine rings is 1. The third-order valence-corrected chi connectivity index (χ3v) is 9.02. The lowest BCUT2D eigenvalue weighted by atomic mass is 9.84. The highest BCUT2D eigenvalue weighted by atomic mass is 79.9. The average Bonchev–Trinajstić information content (AvgIpc) is 3.56. The predicted molar refractivity (Wildman–Crippen MR) is 160 cm³/mol. The van der Waals surface area contributed by atoms with Crippen molar-refractivity contribution in [1.82, 2.24) is 24.9 Å². The molecule has 0 radical (unpaired) electrons. The van der Waals surface area contributed by atoms with Crippen molar-refractivity contribution in [3.05, 3.63) is 63.8 Å². The van der Waals surface area contributed by atoms with Gasteiger partial charge in [0.25, 0.3) is 5.91 Å². The summed E-state index contributed by atoms with van der Waals surface area (Å²) in [6.07, 6.45) is -1.81. The molecule has 9 nitrogen and oxygen atoms in total. The maximum absolute atomic E-state index is 14.4. The molecule has 2 N–H and O–H groups in total. The molecular formula is C30H31BrF3N7O2. The van der Waals surface area contributed by atoms with Gasteiger partial charge in [0.2, 0.25) is 5.91 Å². The smallest absolute Gasteiger partial charge is 0.371 e. The van der Waals surface area contributed by atoms with Gasteiger partial charge in [0.15, 0.2) is 5.82 Å². The van der Waals surface area contributed by atoms with Crippen molar-refractivity contribution in [1.29, 1.82) is 0 Å². The molecule has 2 amide bonds. The number of aromatic nitrogens is 4. The Kier molecular flexibility index (Phi) is 7.26. The van der Waals surface area contributed by atoms with Crippen LogP contribution in [-0.4, -0.2) is 56.3 Å². The van der Waals surface area contributed by atoms with Crippen LogP contribution in [0.15, 0.2) is 47.1 Å². The van der Waals surface area contributed by atoms with Crippen LogP contribution >= 0.6 is 15.9 Å². The number of carbonyl (C=O) groups is 2. The minimum absolute atomic E-state index is 0.0560. The summed E-state index contributed by atoms with van der Waals surface area (Å²) in [5.74, 6) is 0.548. The number of benzene rings is 2. The van der Waals surface area contributed by atoms with Gasteiger partial charge in [-0.2, -0.15) is 23.4 Å². The summed E-state index contributed by atoms with van der Waals surface area (Å²) >= 11 is 2.95. The number of anilines is 3. The normalized spacial score (nSPS) is 20.5. The Bertz CT molecular complexity index is 1730. The van der Waals surface area contributed by atoms with Crippen LogP contribution in [0, 0.1) is 11.8 Å². The zero-order valence-electron chi connectivity index (χ0n) is 24.0. The summed E-state index contributed by atoms with van der Waals surface area (Å²) in [6, 6.07) is 8.35. The minimum Gasteiger partial charge on any atom is -0.371 e. The number of aromatic amines is 1. The van der Waals surface area contributed by atoms with E-state index in [-0.39, 0.29) is 22.5 Å². The second-order valence-electron chi connectivity index (χ2n) is 11.7. The van der Waals surface area contributed by atoms with Gasteiger partial charge in [-0.15, -0.1) is 0 Å². The Morgan fingerprint density at radius 2 is 1.98 bits per heavy atom. The molecule has 2 unspecified atom stereocenters. The number of amides is 2. The molecule has 1 fully saturated rings. The highest BCUT2D eigenvalue weighted by Gasteiger charge is 2.48. The third-order valence-electron chi connectivity index (χ3n) is 8.33. The SMILES string of the molecule is CNc1n[nH]c2cc(N3C(=O)C4C[C@H](C)N(C(=O)c5ccc(Br)c(C(F)(F)F)c5)CC4n4ncc(CC(C)C)c43)ccc12. The third kappa shape index (κ3) is 4.96. The molecule has 4 heterocycles. The molecule has 0 spiro atoms. The molecule has 2 aliphatic rings. The van der Waals surface area contributed by atoms with Crippen LogP contribution in [0.2, 0.25) is 0 Å². The van der Waals surface area contributed by atoms with Gasteiger partial charge in [0.1, 0.15) is 5.82 Å². The molecule has 43 heavy (non-hydrogen) atoms. The topological polar surface area (TPSA) is 99.2 Å². The van der Waals surface area contributed by atoms with Gasteiger partial charge in [-0.1, -0.05) is 29.8 Å². The van der Waals surface area contributed by atoms with E-state index in [1.165, 1.54) is 12.1 Å². The number of hydrogen-bond donors (Lipinski definition) is 2. The summed E-state index contributed by atoms with van der Waals surface area (Å²) < 4.78 is 42.5. The summed E-state index contributed by atoms with van der Waals surface area (Å²) in [7, 11) is 1.79. The number of rotatable bonds is 5. The molecule has 0 bridgehead atoms. The van der Waals surface area contributed by atoms with Crippen LogP contribution in [0.4, 0.5) is 30.5 Å². The summed E-state index contributed by atoms with van der Waals surface area (Å²) in [6.45, 7) is 6.15. The number of alkyl halides is 3. The van der Waals surface area contributed by atoms with E-state index in [2.05, 4.69) is 45.3 Å². The van der Waals surface area contributed by atoms with E-state index in [0.29, 0.717) is 36.1 Å². The first-order valence-corrected chi connectivity index (χ1v) is 14.9. The number of nitrogens with zero attached hydrogens (tertiary/aromatic N) is 5. The second-order valence-corrected chi connectivity index (χ2v) is 12.5. The van der Waals surface area contributed by atoms with Gasteiger partial charge in [-0.05, 0) is 62.1 Å². The molecule has 226 valence electrons. The van der Waals surface area contributed by atoms with Gasteiger partial charge >= 0.3 is 6.18 Å². The monoisotopic (exact) mass is 657 g/mol. The molecule has 6 rings (SSSR count). The van der Waals surface area contributed by atoms with Crippen LogP contribution in [0.1, 0.15) is 54.7 Å². The van der Waals surface area contributed by atoms with Crippen molar-refractivity contribution < 1.29 is 22.8 Å². The van der Waals surface area contributed by atoms with Gasteiger partial charge in [-0.25, -0.2) is 4.68 Å². The number of nitrogens with one attached hydrogen (secondary N) is 2. The maximum Gasteiger partial charge on any atom is 0.417 e. The maximum atomic E-state index is 14.4. The Labute approximate surface area is 254 Å².